The van der Waals surface area contributed by atoms with Crippen molar-refractivity contribution in [2.24, 2.45) is 4.99 Å². The largest absolute Gasteiger partial charge is 0.385 e. The van der Waals surface area contributed by atoms with E-state index in [9.17, 15) is 0 Å². The number of nitrogens with one attached hydrogen (secondary N) is 2. The Morgan fingerprint density at radius 1 is 1.30 bits per heavy atom. The van der Waals surface area contributed by atoms with Gasteiger partial charge in [0.1, 0.15) is 0 Å². The Kier molecular flexibility index (Phi) is 7.72. The van der Waals surface area contributed by atoms with Crippen LogP contribution in [0.5, 0.6) is 0 Å². The molecule has 0 bridgehead atoms. The van der Waals surface area contributed by atoms with Gasteiger partial charge in [-0.05, 0) is 32.8 Å². The number of aliphatic imine (C=N–C) groups is 1. The highest BCUT2D eigenvalue weighted by atomic mass is 16.5. The Morgan fingerprint density at radius 3 is 2.55 bits per heavy atom. The van der Waals surface area contributed by atoms with Gasteiger partial charge in [-0.1, -0.05) is 0 Å². The Bertz CT molecular complexity index is 414. The number of rotatable bonds is 8. The third-order valence-corrected chi connectivity index (χ3v) is 2.98. The van der Waals surface area contributed by atoms with E-state index >= 15 is 0 Å². The van der Waals surface area contributed by atoms with Crippen LogP contribution >= 0.6 is 0 Å². The van der Waals surface area contributed by atoms with Crippen LogP contribution in [0.15, 0.2) is 11.1 Å². The van der Waals surface area contributed by atoms with Gasteiger partial charge in [-0.15, -0.1) is 0 Å². The molecule has 1 heterocycles. The molecule has 0 unspecified atom stereocenters. The summed E-state index contributed by atoms with van der Waals surface area (Å²) < 4.78 is 7.06. The maximum atomic E-state index is 5.01. The van der Waals surface area contributed by atoms with Gasteiger partial charge < -0.3 is 15.4 Å². The maximum Gasteiger partial charge on any atom is 0.190 e. The molecule has 0 aliphatic carbocycles. The van der Waals surface area contributed by atoms with Gasteiger partial charge in [-0.3, -0.25) is 9.67 Å². The van der Waals surface area contributed by atoms with Crippen molar-refractivity contribution in [2.75, 3.05) is 33.9 Å². The number of hydrogen-bond donors (Lipinski definition) is 2. The van der Waals surface area contributed by atoms with Gasteiger partial charge in [-0.2, -0.15) is 5.10 Å². The summed E-state index contributed by atoms with van der Waals surface area (Å²) in [5.41, 5.74) is 2.29. The fourth-order valence-corrected chi connectivity index (χ4v) is 1.98. The SMILES string of the molecule is CN=C(NCCCOC)NCCCn1nc(C)cc1C. The van der Waals surface area contributed by atoms with Crippen LogP contribution in [0.1, 0.15) is 24.2 Å². The molecule has 0 aromatic carbocycles. The monoisotopic (exact) mass is 281 g/mol. The molecule has 1 rings (SSSR count). The predicted octanol–water partition coefficient (Wildman–Crippen LogP) is 1.09. The molecule has 0 saturated heterocycles. The van der Waals surface area contributed by atoms with Crippen LogP contribution in [0.3, 0.4) is 0 Å². The van der Waals surface area contributed by atoms with E-state index in [0.29, 0.717) is 0 Å². The first kappa shape index (κ1) is 16.5. The third-order valence-electron chi connectivity index (χ3n) is 2.98. The molecular formula is C14H27N5O. The van der Waals surface area contributed by atoms with Crippen molar-refractivity contribution in [3.8, 4) is 0 Å². The van der Waals surface area contributed by atoms with Crippen LogP contribution < -0.4 is 10.6 Å². The lowest BCUT2D eigenvalue weighted by molar-refractivity contribution is 0.195. The minimum Gasteiger partial charge on any atom is -0.385 e. The third kappa shape index (κ3) is 6.06. The van der Waals surface area contributed by atoms with E-state index in [4.69, 9.17) is 4.74 Å². The number of aromatic nitrogens is 2. The molecular weight excluding hydrogens is 254 g/mol. The van der Waals surface area contributed by atoms with Crippen molar-refractivity contribution in [1.82, 2.24) is 20.4 Å². The molecule has 0 saturated carbocycles. The molecule has 6 heteroatoms. The minimum absolute atomic E-state index is 0.766. The van der Waals surface area contributed by atoms with Crippen molar-refractivity contribution in [3.63, 3.8) is 0 Å². The fraction of sp³-hybridized carbons (Fsp3) is 0.714. The average Bonchev–Trinajstić information content (AvgIpc) is 2.75. The standard InChI is InChI=1S/C14H27N5O/c1-12-11-13(2)19(18-12)9-5-7-16-14(15-3)17-8-6-10-20-4/h11H,5-10H2,1-4H3,(H2,15,16,17). The van der Waals surface area contributed by atoms with E-state index < -0.39 is 0 Å². The summed E-state index contributed by atoms with van der Waals surface area (Å²) in [6, 6.07) is 2.10. The summed E-state index contributed by atoms with van der Waals surface area (Å²) in [6.07, 6.45) is 1.99. The molecule has 1 aromatic heterocycles. The molecule has 0 aliphatic rings. The van der Waals surface area contributed by atoms with E-state index in [1.807, 2.05) is 11.6 Å². The second-order valence-corrected chi connectivity index (χ2v) is 4.78. The van der Waals surface area contributed by atoms with Crippen LogP contribution in [-0.2, 0) is 11.3 Å². The lowest BCUT2D eigenvalue weighted by atomic mass is 10.4. The molecule has 0 amide bonds. The van der Waals surface area contributed by atoms with E-state index in [0.717, 1.165) is 50.7 Å². The van der Waals surface area contributed by atoms with Gasteiger partial charge in [0.15, 0.2) is 5.96 Å². The van der Waals surface area contributed by atoms with E-state index in [-0.39, 0.29) is 0 Å². The number of ether oxygens (including phenoxy) is 1. The van der Waals surface area contributed by atoms with Gasteiger partial charge in [0.05, 0.1) is 5.69 Å². The first-order chi connectivity index (χ1) is 9.67. The van der Waals surface area contributed by atoms with Gasteiger partial charge in [0.2, 0.25) is 0 Å². The van der Waals surface area contributed by atoms with Crippen molar-refractivity contribution >= 4 is 5.96 Å². The highest BCUT2D eigenvalue weighted by molar-refractivity contribution is 5.79. The topological polar surface area (TPSA) is 63.5 Å². The van der Waals surface area contributed by atoms with Crippen LogP contribution in [0.4, 0.5) is 0 Å². The first-order valence-corrected chi connectivity index (χ1v) is 7.12. The molecule has 0 spiro atoms. The molecule has 20 heavy (non-hydrogen) atoms. The summed E-state index contributed by atoms with van der Waals surface area (Å²) in [5, 5.41) is 11.0. The number of methoxy groups -OCH3 is 1. The van der Waals surface area contributed by atoms with E-state index in [1.54, 1.807) is 14.2 Å². The zero-order valence-corrected chi connectivity index (χ0v) is 13.1. The van der Waals surface area contributed by atoms with Gasteiger partial charge in [0.25, 0.3) is 0 Å². The zero-order valence-electron chi connectivity index (χ0n) is 13.1. The molecule has 0 aliphatic heterocycles. The van der Waals surface area contributed by atoms with Crippen LogP contribution in [0, 0.1) is 13.8 Å². The highest BCUT2D eigenvalue weighted by Gasteiger charge is 2.01. The summed E-state index contributed by atoms with van der Waals surface area (Å²) in [4.78, 5) is 4.18. The number of hydrogen-bond acceptors (Lipinski definition) is 3. The second-order valence-electron chi connectivity index (χ2n) is 4.78. The molecule has 2 N–H and O–H groups in total. The van der Waals surface area contributed by atoms with Gasteiger partial charge >= 0.3 is 0 Å². The van der Waals surface area contributed by atoms with Crippen molar-refractivity contribution in [2.45, 2.75) is 33.2 Å². The van der Waals surface area contributed by atoms with Crippen molar-refractivity contribution < 1.29 is 4.74 Å². The zero-order chi connectivity index (χ0) is 14.8. The summed E-state index contributed by atoms with van der Waals surface area (Å²) in [7, 11) is 3.50. The average molecular weight is 281 g/mol. The molecule has 0 radical (unpaired) electrons. The molecule has 1 aromatic rings. The lowest BCUT2D eigenvalue weighted by Gasteiger charge is -2.12. The number of guanidine groups is 1. The van der Waals surface area contributed by atoms with Crippen LogP contribution in [0.25, 0.3) is 0 Å². The van der Waals surface area contributed by atoms with Crippen LogP contribution in [0.2, 0.25) is 0 Å². The van der Waals surface area contributed by atoms with Crippen molar-refractivity contribution in [1.29, 1.82) is 0 Å². The van der Waals surface area contributed by atoms with Gasteiger partial charge in [-0.25, -0.2) is 0 Å². The Hall–Kier alpha value is -1.56. The summed E-state index contributed by atoms with van der Waals surface area (Å²) in [6.45, 7) is 7.54. The summed E-state index contributed by atoms with van der Waals surface area (Å²) >= 11 is 0. The minimum atomic E-state index is 0.766. The Balaban J connectivity index is 2.17. The Labute approximate surface area is 121 Å². The number of nitrogens with zero attached hydrogens (tertiary/aromatic N) is 3. The van der Waals surface area contributed by atoms with E-state index in [2.05, 4.69) is 33.7 Å². The quantitative estimate of drug-likeness (QED) is 0.425. The number of aryl methyl sites for hydroxylation is 3. The second kappa shape index (κ2) is 9.36. The van der Waals surface area contributed by atoms with Crippen LogP contribution in [-0.4, -0.2) is 49.6 Å². The molecule has 114 valence electrons. The highest BCUT2D eigenvalue weighted by Crippen LogP contribution is 2.02. The Morgan fingerprint density at radius 2 is 2.00 bits per heavy atom. The predicted molar refractivity (Wildman–Crippen MR) is 82.2 cm³/mol. The molecule has 6 nitrogen and oxygen atoms in total. The fourth-order valence-electron chi connectivity index (χ4n) is 1.98. The van der Waals surface area contributed by atoms with Crippen molar-refractivity contribution in [3.05, 3.63) is 17.5 Å². The summed E-state index contributed by atoms with van der Waals surface area (Å²) in [5.74, 6) is 0.842. The van der Waals surface area contributed by atoms with E-state index in [1.165, 1.54) is 5.69 Å². The first-order valence-electron chi connectivity index (χ1n) is 7.12. The maximum absolute atomic E-state index is 5.01. The molecule has 0 atom stereocenters. The normalized spacial score (nSPS) is 11.7. The molecule has 0 fully saturated rings. The lowest BCUT2D eigenvalue weighted by Crippen LogP contribution is -2.38. The van der Waals surface area contributed by atoms with Gasteiger partial charge in [0, 0.05) is 46.1 Å². The smallest absolute Gasteiger partial charge is 0.190 e.